The van der Waals surface area contributed by atoms with Gasteiger partial charge in [0.1, 0.15) is 5.54 Å². The first kappa shape index (κ1) is 12.6. The minimum absolute atomic E-state index is 0.281. The minimum Gasteiger partial charge on any atom is -0.367 e. The van der Waals surface area contributed by atoms with Gasteiger partial charge < -0.3 is 5.32 Å². The van der Waals surface area contributed by atoms with Crippen LogP contribution in [0.3, 0.4) is 0 Å². The van der Waals surface area contributed by atoms with E-state index in [9.17, 15) is 5.26 Å². The van der Waals surface area contributed by atoms with Gasteiger partial charge in [0.05, 0.1) is 6.07 Å². The van der Waals surface area contributed by atoms with Gasteiger partial charge in [0.2, 0.25) is 0 Å². The number of nitriles is 1. The predicted octanol–water partition coefficient (Wildman–Crippen LogP) is 3.74. The number of nitrogens with zero attached hydrogens (tertiary/aromatic N) is 1. The van der Waals surface area contributed by atoms with Crippen molar-refractivity contribution in [3.8, 4) is 6.07 Å². The lowest BCUT2D eigenvalue weighted by Gasteiger charge is -2.31. The highest BCUT2D eigenvalue weighted by atomic mass is 15.0. The smallest absolute Gasteiger partial charge is 0.127 e. The van der Waals surface area contributed by atoms with Crippen LogP contribution in [0.15, 0.2) is 24.3 Å². The quantitative estimate of drug-likeness (QED) is 0.832. The van der Waals surface area contributed by atoms with E-state index in [0.717, 1.165) is 12.1 Å². The molecule has 2 nitrogen and oxygen atoms in total. The molecule has 0 aliphatic heterocycles. The lowest BCUT2D eigenvalue weighted by atomic mass is 9.85. The summed E-state index contributed by atoms with van der Waals surface area (Å²) in [6.45, 7) is 8.26. The van der Waals surface area contributed by atoms with Crippen molar-refractivity contribution in [3.63, 3.8) is 0 Å². The zero-order chi connectivity index (χ0) is 12.2. The molecule has 0 saturated carbocycles. The molecule has 0 bridgehead atoms. The maximum Gasteiger partial charge on any atom is 0.127 e. The number of aryl methyl sites for hydroxylation is 1. The summed E-state index contributed by atoms with van der Waals surface area (Å²) in [4.78, 5) is 0. The predicted molar refractivity (Wildman–Crippen MR) is 68.3 cm³/mol. The number of nitrogens with one attached hydrogen (secondary N) is 1. The summed E-state index contributed by atoms with van der Waals surface area (Å²) in [6, 6.07) is 10.6. The Kier molecular flexibility index (Phi) is 3.95. The zero-order valence-electron chi connectivity index (χ0n) is 10.5. The van der Waals surface area contributed by atoms with E-state index in [4.69, 9.17) is 0 Å². The van der Waals surface area contributed by atoms with Gasteiger partial charge in [-0.1, -0.05) is 38.5 Å². The summed E-state index contributed by atoms with van der Waals surface area (Å²) in [5.41, 5.74) is 1.78. The standard InChI is InChI=1S/C14H20N2/c1-5-14(10-15,11(2)3)16-13-8-6-12(4)7-9-13/h6-9,11,16H,5H2,1-4H3. The fraction of sp³-hybridized carbons (Fsp3) is 0.500. The van der Waals surface area contributed by atoms with Crippen LogP contribution in [-0.4, -0.2) is 5.54 Å². The van der Waals surface area contributed by atoms with Gasteiger partial charge in [0.15, 0.2) is 0 Å². The number of rotatable bonds is 4. The van der Waals surface area contributed by atoms with Gasteiger partial charge in [0.25, 0.3) is 0 Å². The van der Waals surface area contributed by atoms with Gasteiger partial charge in [-0.15, -0.1) is 0 Å². The average molecular weight is 216 g/mol. The monoisotopic (exact) mass is 216 g/mol. The van der Waals surface area contributed by atoms with Gasteiger partial charge in [-0.2, -0.15) is 5.26 Å². The SMILES string of the molecule is CCC(C#N)(Nc1ccc(C)cc1)C(C)C. The van der Waals surface area contributed by atoms with Gasteiger partial charge in [-0.3, -0.25) is 0 Å². The van der Waals surface area contributed by atoms with Crippen molar-refractivity contribution in [2.24, 2.45) is 5.92 Å². The van der Waals surface area contributed by atoms with Crippen molar-refractivity contribution < 1.29 is 0 Å². The second kappa shape index (κ2) is 5.03. The Morgan fingerprint density at radius 2 is 1.88 bits per heavy atom. The summed E-state index contributed by atoms with van der Waals surface area (Å²) in [5, 5.41) is 12.7. The van der Waals surface area contributed by atoms with E-state index in [0.29, 0.717) is 0 Å². The molecule has 86 valence electrons. The summed E-state index contributed by atoms with van der Waals surface area (Å²) in [7, 11) is 0. The molecule has 2 heteroatoms. The number of hydrogen-bond acceptors (Lipinski definition) is 2. The van der Waals surface area contributed by atoms with E-state index < -0.39 is 5.54 Å². The van der Waals surface area contributed by atoms with Crippen LogP contribution in [0.25, 0.3) is 0 Å². The minimum atomic E-state index is -0.463. The molecule has 1 N–H and O–H groups in total. The van der Waals surface area contributed by atoms with E-state index in [1.807, 2.05) is 19.1 Å². The first-order valence-electron chi connectivity index (χ1n) is 5.80. The molecule has 0 fully saturated rings. The van der Waals surface area contributed by atoms with Gasteiger partial charge in [0, 0.05) is 5.69 Å². The Morgan fingerprint density at radius 3 is 2.25 bits per heavy atom. The highest BCUT2D eigenvalue weighted by Crippen LogP contribution is 2.26. The first-order valence-corrected chi connectivity index (χ1v) is 5.80. The Morgan fingerprint density at radius 1 is 1.31 bits per heavy atom. The Balaban J connectivity index is 2.93. The molecular weight excluding hydrogens is 196 g/mol. The van der Waals surface area contributed by atoms with Gasteiger partial charge >= 0.3 is 0 Å². The molecule has 16 heavy (non-hydrogen) atoms. The molecule has 0 aliphatic rings. The van der Waals surface area contributed by atoms with Crippen LogP contribution in [0.1, 0.15) is 32.8 Å². The number of benzene rings is 1. The van der Waals surface area contributed by atoms with Gasteiger partial charge in [-0.05, 0) is 31.4 Å². The van der Waals surface area contributed by atoms with Crippen LogP contribution >= 0.6 is 0 Å². The van der Waals surface area contributed by atoms with E-state index in [-0.39, 0.29) is 5.92 Å². The van der Waals surface area contributed by atoms with Crippen LogP contribution in [0, 0.1) is 24.2 Å². The second-order valence-electron chi connectivity index (χ2n) is 4.58. The zero-order valence-corrected chi connectivity index (χ0v) is 10.5. The van der Waals surface area contributed by atoms with Crippen LogP contribution in [0.5, 0.6) is 0 Å². The summed E-state index contributed by atoms with van der Waals surface area (Å²) in [5.74, 6) is 0.281. The van der Waals surface area contributed by atoms with E-state index in [2.05, 4.69) is 44.3 Å². The fourth-order valence-electron chi connectivity index (χ4n) is 1.77. The topological polar surface area (TPSA) is 35.8 Å². The molecule has 1 unspecified atom stereocenters. The maximum atomic E-state index is 9.35. The molecule has 0 amide bonds. The molecule has 1 atom stereocenters. The average Bonchev–Trinajstić information content (AvgIpc) is 2.28. The Hall–Kier alpha value is -1.49. The van der Waals surface area contributed by atoms with Crippen molar-refractivity contribution in [2.45, 2.75) is 39.7 Å². The largest absolute Gasteiger partial charge is 0.367 e. The van der Waals surface area contributed by atoms with Crippen LogP contribution in [-0.2, 0) is 0 Å². The van der Waals surface area contributed by atoms with Crippen LogP contribution in [0.2, 0.25) is 0 Å². The number of hydrogen-bond donors (Lipinski definition) is 1. The lowest BCUT2D eigenvalue weighted by Crippen LogP contribution is -2.41. The molecule has 1 rings (SSSR count). The van der Waals surface area contributed by atoms with Crippen LogP contribution in [0.4, 0.5) is 5.69 Å². The van der Waals surface area contributed by atoms with E-state index >= 15 is 0 Å². The lowest BCUT2D eigenvalue weighted by molar-refractivity contribution is 0.416. The highest BCUT2D eigenvalue weighted by molar-refractivity contribution is 5.49. The van der Waals surface area contributed by atoms with Crippen molar-refractivity contribution in [2.75, 3.05) is 5.32 Å². The maximum absolute atomic E-state index is 9.35. The molecule has 0 radical (unpaired) electrons. The Labute approximate surface area is 98.3 Å². The second-order valence-corrected chi connectivity index (χ2v) is 4.58. The third-order valence-corrected chi connectivity index (χ3v) is 3.16. The number of anilines is 1. The molecule has 0 spiro atoms. The van der Waals surface area contributed by atoms with Gasteiger partial charge in [-0.25, -0.2) is 0 Å². The molecule has 0 aliphatic carbocycles. The van der Waals surface area contributed by atoms with Crippen molar-refractivity contribution in [1.82, 2.24) is 0 Å². The summed E-state index contributed by atoms with van der Waals surface area (Å²) < 4.78 is 0. The normalized spacial score (nSPS) is 14.2. The molecule has 0 saturated heterocycles. The van der Waals surface area contributed by atoms with Crippen LogP contribution < -0.4 is 5.32 Å². The molecule has 0 heterocycles. The third-order valence-electron chi connectivity index (χ3n) is 3.16. The first-order chi connectivity index (χ1) is 7.54. The summed E-state index contributed by atoms with van der Waals surface area (Å²) in [6.07, 6.45) is 0.801. The highest BCUT2D eigenvalue weighted by Gasteiger charge is 2.31. The molecular formula is C14H20N2. The fourth-order valence-corrected chi connectivity index (χ4v) is 1.77. The summed E-state index contributed by atoms with van der Waals surface area (Å²) >= 11 is 0. The van der Waals surface area contributed by atoms with Crippen molar-refractivity contribution in [3.05, 3.63) is 29.8 Å². The molecule has 1 aromatic rings. The van der Waals surface area contributed by atoms with Crippen molar-refractivity contribution >= 4 is 5.69 Å². The van der Waals surface area contributed by atoms with Crippen molar-refractivity contribution in [1.29, 1.82) is 5.26 Å². The van der Waals surface area contributed by atoms with E-state index in [1.165, 1.54) is 5.56 Å². The molecule has 0 aromatic heterocycles. The molecule has 1 aromatic carbocycles. The Bertz CT molecular complexity index is 373. The third kappa shape index (κ3) is 2.55. The van der Waals surface area contributed by atoms with E-state index in [1.54, 1.807) is 0 Å².